The van der Waals surface area contributed by atoms with Gasteiger partial charge in [-0.15, -0.1) is 0 Å². The molecule has 0 saturated heterocycles. The number of aromatic nitrogens is 1. The lowest BCUT2D eigenvalue weighted by atomic mass is 10.1. The summed E-state index contributed by atoms with van der Waals surface area (Å²) in [5.41, 5.74) is 1.38. The molecule has 0 aliphatic carbocycles. The number of benzene rings is 1. The molecule has 4 nitrogen and oxygen atoms in total. The van der Waals surface area contributed by atoms with Gasteiger partial charge in [-0.1, -0.05) is 18.0 Å². The van der Waals surface area contributed by atoms with Crippen LogP contribution in [0.5, 0.6) is 0 Å². The monoisotopic (exact) mass is 447 g/mol. The Morgan fingerprint density at radius 2 is 2.23 bits per heavy atom. The molecule has 0 radical (unpaired) electrons. The van der Waals surface area contributed by atoms with Crippen molar-refractivity contribution in [2.24, 2.45) is 0 Å². The van der Waals surface area contributed by atoms with E-state index in [1.165, 1.54) is 33.2 Å². The highest BCUT2D eigenvalue weighted by atomic mass is 127. The van der Waals surface area contributed by atoms with Crippen LogP contribution in [0.15, 0.2) is 29.8 Å². The average molecular weight is 447 g/mol. The maximum absolute atomic E-state index is 14.1. The van der Waals surface area contributed by atoms with Crippen LogP contribution < -0.4 is 4.72 Å². The molecule has 8 heteroatoms. The fourth-order valence-corrected chi connectivity index (χ4v) is 4.10. The molecule has 1 aromatic carbocycles. The zero-order valence-corrected chi connectivity index (χ0v) is 15.5. The minimum Gasteiger partial charge on any atom is -0.328 e. The van der Waals surface area contributed by atoms with Gasteiger partial charge in [0.2, 0.25) is 5.78 Å². The van der Waals surface area contributed by atoms with Gasteiger partial charge in [0.25, 0.3) is 0 Å². The van der Waals surface area contributed by atoms with Gasteiger partial charge in [-0.25, -0.2) is 4.39 Å². The van der Waals surface area contributed by atoms with Crippen molar-refractivity contribution in [3.63, 3.8) is 0 Å². The van der Waals surface area contributed by atoms with Crippen LogP contribution in [0.1, 0.15) is 17.4 Å². The highest BCUT2D eigenvalue weighted by molar-refractivity contribution is 14.2. The largest absolute Gasteiger partial charge is 0.328 e. The molecule has 0 amide bonds. The molecule has 0 saturated carbocycles. The first-order chi connectivity index (χ1) is 10.6. The zero-order chi connectivity index (χ0) is 16.3. The number of hydrogen-bond donors (Lipinski definition) is 1. The third-order valence-corrected chi connectivity index (χ3v) is 5.15. The minimum absolute atomic E-state index is 0.0671. The number of ketones is 1. The van der Waals surface area contributed by atoms with Crippen molar-refractivity contribution in [2.75, 3.05) is 11.0 Å². The fourth-order valence-electron chi connectivity index (χ4n) is 2.01. The van der Waals surface area contributed by atoms with Crippen molar-refractivity contribution >= 4 is 64.6 Å². The average Bonchev–Trinajstić information content (AvgIpc) is 2.86. The molecule has 0 bridgehead atoms. The summed E-state index contributed by atoms with van der Waals surface area (Å²) in [6, 6.07) is 6.60. The van der Waals surface area contributed by atoms with E-state index in [4.69, 9.17) is 5.26 Å². The minimum atomic E-state index is -0.391. The normalized spacial score (nSPS) is 11.5. The fraction of sp³-hybridized carbons (Fsp3) is 0.143. The second kappa shape index (κ2) is 7.39. The van der Waals surface area contributed by atoms with Crippen molar-refractivity contribution in [1.82, 2.24) is 3.97 Å². The van der Waals surface area contributed by atoms with E-state index in [9.17, 15) is 9.18 Å². The number of nitrogens with zero attached hydrogens (tertiary/aromatic N) is 2. The molecule has 0 spiro atoms. The number of allylic oxidation sites excluding steroid dienone is 2. The number of nitriles is 1. The summed E-state index contributed by atoms with van der Waals surface area (Å²) in [5, 5.41) is 9.76. The number of anilines is 1. The molecule has 0 atom stereocenters. The van der Waals surface area contributed by atoms with E-state index in [2.05, 4.69) is 4.72 Å². The number of Topliss-reactive ketones (excluding diaryl/α,β-unsaturated/α-hetero) is 1. The van der Waals surface area contributed by atoms with E-state index >= 15 is 0 Å². The summed E-state index contributed by atoms with van der Waals surface area (Å²) in [6.07, 6.45) is 3.28. The Balaban J connectivity index is 2.67. The number of rotatable bonds is 5. The third-order valence-electron chi connectivity index (χ3n) is 3.01. The summed E-state index contributed by atoms with van der Waals surface area (Å²) in [7, 11) is 1.26. The maximum Gasteiger partial charge on any atom is 0.220 e. The van der Waals surface area contributed by atoms with Crippen LogP contribution in [0, 0.1) is 17.1 Å². The van der Waals surface area contributed by atoms with Gasteiger partial charge in [0.05, 0.1) is 16.8 Å². The van der Waals surface area contributed by atoms with E-state index in [0.29, 0.717) is 16.9 Å². The van der Waals surface area contributed by atoms with Crippen molar-refractivity contribution in [2.45, 2.75) is 6.92 Å². The van der Waals surface area contributed by atoms with Gasteiger partial charge >= 0.3 is 0 Å². The van der Waals surface area contributed by atoms with E-state index in [-0.39, 0.29) is 11.4 Å². The smallest absolute Gasteiger partial charge is 0.220 e. The van der Waals surface area contributed by atoms with E-state index in [1.807, 2.05) is 27.3 Å². The van der Waals surface area contributed by atoms with Crippen LogP contribution in [0.3, 0.4) is 0 Å². The molecule has 1 aromatic heterocycles. The molecule has 2 rings (SSSR count). The molecule has 1 N–H and O–H groups in total. The van der Waals surface area contributed by atoms with Gasteiger partial charge in [0.1, 0.15) is 17.6 Å². The van der Waals surface area contributed by atoms with Crippen LogP contribution in [0.25, 0.3) is 10.9 Å². The zero-order valence-electron chi connectivity index (χ0n) is 11.7. The lowest BCUT2D eigenvalue weighted by Crippen LogP contribution is -2.05. The maximum atomic E-state index is 14.1. The predicted octanol–water partition coefficient (Wildman–Crippen LogP) is 4.97. The van der Waals surface area contributed by atoms with Gasteiger partial charge in [-0.3, -0.25) is 8.77 Å². The Hall–Kier alpha value is -1.18. The van der Waals surface area contributed by atoms with Crippen LogP contribution in [-0.2, 0) is 0 Å². The number of carbonyl (C=O) groups is 1. The number of fused-ring (bicyclic) bond motifs is 1. The predicted molar refractivity (Wildman–Crippen MR) is 99.7 cm³/mol. The summed E-state index contributed by atoms with van der Waals surface area (Å²) in [5.74, 6) is -0.762. The molecule has 0 aliphatic heterocycles. The van der Waals surface area contributed by atoms with Gasteiger partial charge in [-0.05, 0) is 19.1 Å². The number of hydrogen-bond acceptors (Lipinski definition) is 5. The van der Waals surface area contributed by atoms with Gasteiger partial charge in [0, 0.05) is 48.0 Å². The van der Waals surface area contributed by atoms with Crippen LogP contribution in [-0.4, -0.2) is 16.0 Å². The summed E-state index contributed by atoms with van der Waals surface area (Å²) < 4.78 is 18.6. The summed E-state index contributed by atoms with van der Waals surface area (Å²) in [4.78, 5) is 12.4. The Morgan fingerprint density at radius 3 is 2.77 bits per heavy atom. The first kappa shape index (κ1) is 17.2. The number of halogens is 2. The van der Waals surface area contributed by atoms with E-state index in [0.717, 1.165) is 5.39 Å². The van der Waals surface area contributed by atoms with Crippen molar-refractivity contribution in [3.05, 3.63) is 41.4 Å². The molecule has 0 fully saturated rings. The molecule has 2 aromatic rings. The van der Waals surface area contributed by atoms with Gasteiger partial charge in [-0.2, -0.15) is 5.26 Å². The second-order valence-electron chi connectivity index (χ2n) is 4.23. The Bertz CT molecular complexity index is 811. The van der Waals surface area contributed by atoms with Crippen LogP contribution in [0.4, 0.5) is 10.1 Å². The Morgan fingerprint density at radius 1 is 1.50 bits per heavy atom. The molecular weight excluding hydrogens is 436 g/mol. The van der Waals surface area contributed by atoms with Gasteiger partial charge in [0.15, 0.2) is 0 Å². The van der Waals surface area contributed by atoms with Gasteiger partial charge < -0.3 is 4.72 Å². The van der Waals surface area contributed by atoms with E-state index in [1.54, 1.807) is 29.3 Å². The van der Waals surface area contributed by atoms with Crippen LogP contribution in [0.2, 0.25) is 0 Å². The third kappa shape index (κ3) is 3.11. The lowest BCUT2D eigenvalue weighted by molar-refractivity contribution is 0.103. The highest BCUT2D eigenvalue weighted by Gasteiger charge is 2.20. The molecular formula is C14H11FIN3OS2. The topological polar surface area (TPSA) is 57.8 Å². The first-order valence-electron chi connectivity index (χ1n) is 6.11. The SMILES string of the molecule is C/C=C(\C#N)C(=O)c1cc2cc(NSC)c(F)cc2n1SI. The van der Waals surface area contributed by atoms with Crippen molar-refractivity contribution in [1.29, 1.82) is 5.26 Å². The first-order valence-corrected chi connectivity index (χ1v) is 10.7. The second-order valence-corrected chi connectivity index (χ2v) is 6.53. The molecule has 0 aliphatic rings. The highest BCUT2D eigenvalue weighted by Crippen LogP contribution is 2.33. The number of carbonyl (C=O) groups excluding carboxylic acids is 1. The number of nitrogens with one attached hydrogen (secondary N) is 1. The Kier molecular flexibility index (Phi) is 5.77. The Labute approximate surface area is 148 Å². The molecule has 1 heterocycles. The molecule has 0 unspecified atom stereocenters. The molecule has 114 valence electrons. The van der Waals surface area contributed by atoms with Crippen LogP contribution >= 0.6 is 42.3 Å². The summed E-state index contributed by atoms with van der Waals surface area (Å²) in [6.45, 7) is 1.64. The summed E-state index contributed by atoms with van der Waals surface area (Å²) >= 11 is 3.31. The molecule has 22 heavy (non-hydrogen) atoms. The van der Waals surface area contributed by atoms with Crippen molar-refractivity contribution in [3.8, 4) is 6.07 Å². The standard InChI is InChI=1S/C14H11FIN3OS2/c1-3-8(7-17)14(20)13-5-9-4-11(18-21-2)10(15)6-12(9)19(13)22-16/h3-6,18H,1-2H3/b8-3+. The van der Waals surface area contributed by atoms with Crippen molar-refractivity contribution < 1.29 is 9.18 Å². The quantitative estimate of drug-likeness (QED) is 0.231. The lowest BCUT2D eigenvalue weighted by Gasteiger charge is -2.06. The van der Waals surface area contributed by atoms with E-state index < -0.39 is 5.82 Å².